The number of anilines is 1. The minimum absolute atomic E-state index is 0.816. The third-order valence-electron chi connectivity index (χ3n) is 2.57. The van der Waals surface area contributed by atoms with Crippen molar-refractivity contribution in [2.45, 2.75) is 26.7 Å². The van der Waals surface area contributed by atoms with E-state index in [-0.39, 0.29) is 0 Å². The summed E-state index contributed by atoms with van der Waals surface area (Å²) in [7, 11) is 0. The molecular formula is C13H17N3S. The maximum atomic E-state index is 4.47. The maximum absolute atomic E-state index is 4.47. The lowest BCUT2D eigenvalue weighted by Gasteiger charge is -1.98. The van der Waals surface area contributed by atoms with E-state index in [1.165, 1.54) is 17.1 Å². The van der Waals surface area contributed by atoms with E-state index in [0.717, 1.165) is 35.9 Å². The average Bonchev–Trinajstić information content (AvgIpc) is 2.85. The molecule has 4 heteroatoms. The van der Waals surface area contributed by atoms with Gasteiger partial charge >= 0.3 is 0 Å². The molecule has 0 saturated heterocycles. The van der Waals surface area contributed by atoms with Crippen LogP contribution in [0.4, 0.5) is 5.13 Å². The van der Waals surface area contributed by atoms with Crippen molar-refractivity contribution in [3.63, 3.8) is 0 Å². The normalized spacial score (nSPS) is 10.5. The van der Waals surface area contributed by atoms with Gasteiger partial charge in [0.05, 0.1) is 0 Å². The van der Waals surface area contributed by atoms with Gasteiger partial charge in [0.1, 0.15) is 0 Å². The Kier molecular flexibility index (Phi) is 4.09. The van der Waals surface area contributed by atoms with Crippen LogP contribution >= 0.6 is 11.5 Å². The van der Waals surface area contributed by atoms with Crippen LogP contribution in [-0.4, -0.2) is 15.9 Å². The van der Waals surface area contributed by atoms with Crippen LogP contribution in [-0.2, 0) is 6.42 Å². The second-order valence-electron chi connectivity index (χ2n) is 3.90. The van der Waals surface area contributed by atoms with Gasteiger partial charge in [-0.1, -0.05) is 38.1 Å². The molecule has 0 saturated carbocycles. The van der Waals surface area contributed by atoms with E-state index in [4.69, 9.17) is 0 Å². The van der Waals surface area contributed by atoms with Crippen molar-refractivity contribution in [2.24, 2.45) is 0 Å². The first-order valence-electron chi connectivity index (χ1n) is 6.00. The van der Waals surface area contributed by atoms with Crippen LogP contribution in [0.3, 0.4) is 0 Å². The first kappa shape index (κ1) is 12.0. The molecule has 0 spiro atoms. The van der Waals surface area contributed by atoms with E-state index in [1.54, 1.807) is 0 Å². The summed E-state index contributed by atoms with van der Waals surface area (Å²) in [6.45, 7) is 5.24. The average molecular weight is 247 g/mol. The fraction of sp³-hybridized carbons (Fsp3) is 0.385. The van der Waals surface area contributed by atoms with E-state index < -0.39 is 0 Å². The minimum Gasteiger partial charge on any atom is -0.360 e. The number of hydrogen-bond donors (Lipinski definition) is 1. The summed E-state index contributed by atoms with van der Waals surface area (Å²) in [4.78, 5) is 4.47. The van der Waals surface area contributed by atoms with Crippen LogP contribution in [0.1, 0.15) is 25.8 Å². The highest BCUT2D eigenvalue weighted by molar-refractivity contribution is 7.09. The largest absolute Gasteiger partial charge is 0.360 e. The van der Waals surface area contributed by atoms with Crippen LogP contribution < -0.4 is 5.32 Å². The highest BCUT2D eigenvalue weighted by atomic mass is 32.1. The number of hydrogen-bond acceptors (Lipinski definition) is 4. The molecule has 0 aliphatic carbocycles. The van der Waals surface area contributed by atoms with Crippen LogP contribution in [0.15, 0.2) is 24.3 Å². The lowest BCUT2D eigenvalue weighted by Crippen LogP contribution is -1.98. The number of nitrogens with one attached hydrogen (secondary N) is 1. The molecule has 90 valence electrons. The van der Waals surface area contributed by atoms with Gasteiger partial charge in [0.2, 0.25) is 5.13 Å². The van der Waals surface area contributed by atoms with Crippen molar-refractivity contribution in [3.05, 3.63) is 29.8 Å². The van der Waals surface area contributed by atoms with Gasteiger partial charge in [0.15, 0.2) is 5.82 Å². The van der Waals surface area contributed by atoms with Crippen molar-refractivity contribution >= 4 is 16.7 Å². The second kappa shape index (κ2) is 5.77. The Bertz CT molecular complexity index is 462. The Morgan fingerprint density at radius 1 is 1.18 bits per heavy atom. The Balaban J connectivity index is 2.12. The Morgan fingerprint density at radius 3 is 2.59 bits per heavy atom. The first-order valence-corrected chi connectivity index (χ1v) is 6.77. The number of rotatable bonds is 5. The zero-order valence-electron chi connectivity index (χ0n) is 10.2. The number of benzene rings is 1. The van der Waals surface area contributed by atoms with E-state index in [0.29, 0.717) is 0 Å². The summed E-state index contributed by atoms with van der Waals surface area (Å²) in [6, 6.07) is 8.44. The highest BCUT2D eigenvalue weighted by Gasteiger charge is 2.05. The fourth-order valence-corrected chi connectivity index (χ4v) is 2.15. The molecule has 1 aromatic carbocycles. The molecule has 17 heavy (non-hydrogen) atoms. The van der Waals surface area contributed by atoms with Gasteiger partial charge < -0.3 is 5.32 Å². The Labute approximate surface area is 106 Å². The molecule has 2 aromatic rings. The molecule has 1 aromatic heterocycles. The van der Waals surface area contributed by atoms with Crippen molar-refractivity contribution in [1.29, 1.82) is 0 Å². The second-order valence-corrected chi connectivity index (χ2v) is 4.65. The summed E-state index contributed by atoms with van der Waals surface area (Å²) >= 11 is 1.42. The topological polar surface area (TPSA) is 37.8 Å². The Hall–Kier alpha value is -1.42. The summed E-state index contributed by atoms with van der Waals surface area (Å²) in [5, 5.41) is 4.16. The smallest absolute Gasteiger partial charge is 0.202 e. The molecule has 0 amide bonds. The summed E-state index contributed by atoms with van der Waals surface area (Å²) < 4.78 is 4.36. The summed E-state index contributed by atoms with van der Waals surface area (Å²) in [5.41, 5.74) is 2.43. The highest BCUT2D eigenvalue weighted by Crippen LogP contribution is 2.21. The number of nitrogens with zero attached hydrogens (tertiary/aromatic N) is 2. The third-order valence-corrected chi connectivity index (χ3v) is 3.25. The summed E-state index contributed by atoms with van der Waals surface area (Å²) in [5.74, 6) is 0.816. The van der Waals surface area contributed by atoms with Crippen molar-refractivity contribution in [1.82, 2.24) is 9.36 Å². The first-order chi connectivity index (χ1) is 8.33. The zero-order valence-corrected chi connectivity index (χ0v) is 11.0. The number of aryl methyl sites for hydroxylation is 1. The molecule has 3 nitrogen and oxygen atoms in total. The van der Waals surface area contributed by atoms with Gasteiger partial charge in [-0.05, 0) is 18.4 Å². The molecule has 0 unspecified atom stereocenters. The van der Waals surface area contributed by atoms with Gasteiger partial charge in [0, 0.05) is 23.6 Å². The fourth-order valence-electron chi connectivity index (χ4n) is 1.53. The van der Waals surface area contributed by atoms with Crippen molar-refractivity contribution < 1.29 is 0 Å². The summed E-state index contributed by atoms with van der Waals surface area (Å²) in [6.07, 6.45) is 2.16. The molecule has 0 aliphatic rings. The van der Waals surface area contributed by atoms with Gasteiger partial charge in [-0.3, -0.25) is 0 Å². The quantitative estimate of drug-likeness (QED) is 0.877. The van der Waals surface area contributed by atoms with Gasteiger partial charge in [0.25, 0.3) is 0 Å². The lowest BCUT2D eigenvalue weighted by atomic mass is 10.1. The molecule has 1 N–H and O–H groups in total. The van der Waals surface area contributed by atoms with Crippen molar-refractivity contribution in [2.75, 3.05) is 11.9 Å². The third kappa shape index (κ3) is 3.03. The van der Waals surface area contributed by atoms with E-state index >= 15 is 0 Å². The number of aromatic nitrogens is 2. The molecular weight excluding hydrogens is 230 g/mol. The molecule has 0 bridgehead atoms. The Morgan fingerprint density at radius 2 is 1.94 bits per heavy atom. The van der Waals surface area contributed by atoms with Gasteiger partial charge in [-0.15, -0.1) is 0 Å². The molecule has 1 heterocycles. The SMILES string of the molecule is CCCNc1nc(-c2ccc(CC)cc2)ns1. The minimum atomic E-state index is 0.816. The van der Waals surface area contributed by atoms with E-state index in [2.05, 4.69) is 52.8 Å². The molecule has 2 rings (SSSR count). The molecule has 0 aliphatic heterocycles. The zero-order chi connectivity index (χ0) is 12.1. The van der Waals surface area contributed by atoms with Crippen LogP contribution in [0.25, 0.3) is 11.4 Å². The van der Waals surface area contributed by atoms with Crippen LogP contribution in [0, 0.1) is 0 Å². The van der Waals surface area contributed by atoms with Crippen LogP contribution in [0.2, 0.25) is 0 Å². The predicted molar refractivity (Wildman–Crippen MR) is 73.5 cm³/mol. The van der Waals surface area contributed by atoms with Crippen molar-refractivity contribution in [3.8, 4) is 11.4 Å². The molecule has 0 radical (unpaired) electrons. The van der Waals surface area contributed by atoms with E-state index in [9.17, 15) is 0 Å². The van der Waals surface area contributed by atoms with Gasteiger partial charge in [-0.25, -0.2) is 0 Å². The van der Waals surface area contributed by atoms with Gasteiger partial charge in [-0.2, -0.15) is 9.36 Å². The monoisotopic (exact) mass is 247 g/mol. The maximum Gasteiger partial charge on any atom is 0.202 e. The molecule has 0 fully saturated rings. The predicted octanol–water partition coefficient (Wildman–Crippen LogP) is 3.59. The van der Waals surface area contributed by atoms with E-state index in [1.807, 2.05) is 0 Å². The lowest BCUT2D eigenvalue weighted by molar-refractivity contribution is 0.976. The van der Waals surface area contributed by atoms with Crippen LogP contribution in [0.5, 0.6) is 0 Å². The molecule has 0 atom stereocenters. The standard InChI is InChI=1S/C13H17N3S/c1-3-9-14-13-15-12(16-17-13)11-7-5-10(4-2)6-8-11/h5-8H,3-4,9H2,1-2H3,(H,14,15,16).